The predicted octanol–water partition coefficient (Wildman–Crippen LogP) is 4.02. The number of Topliss-reactive ketones (excluding diaryl/α,β-unsaturated/α-hetero) is 1. The molecule has 1 atom stereocenters. The maximum absolute atomic E-state index is 13.1. The molecule has 0 heterocycles. The van der Waals surface area contributed by atoms with Crippen molar-refractivity contribution >= 4 is 17.4 Å². The van der Waals surface area contributed by atoms with Gasteiger partial charge in [0.2, 0.25) is 5.91 Å². The Morgan fingerprint density at radius 3 is 2.50 bits per heavy atom. The van der Waals surface area contributed by atoms with Gasteiger partial charge in [-0.05, 0) is 56.5 Å². The van der Waals surface area contributed by atoms with Crippen LogP contribution in [0, 0.1) is 5.82 Å². The van der Waals surface area contributed by atoms with Crippen LogP contribution in [0.25, 0.3) is 0 Å². The van der Waals surface area contributed by atoms with Crippen molar-refractivity contribution in [1.29, 1.82) is 0 Å². The lowest BCUT2D eigenvalue weighted by atomic mass is 10.1. The summed E-state index contributed by atoms with van der Waals surface area (Å²) >= 11 is 0. The number of anilines is 1. The Morgan fingerprint density at radius 1 is 1.19 bits per heavy atom. The fourth-order valence-corrected chi connectivity index (χ4v) is 3.00. The van der Waals surface area contributed by atoms with E-state index in [-0.39, 0.29) is 23.5 Å². The van der Waals surface area contributed by atoms with E-state index in [2.05, 4.69) is 10.2 Å². The third-order valence-electron chi connectivity index (χ3n) is 4.71. The Hall–Kier alpha value is -2.53. The molecule has 0 bridgehead atoms. The molecule has 0 aromatic heterocycles. The van der Waals surface area contributed by atoms with Crippen LogP contribution in [-0.4, -0.2) is 28.7 Å². The van der Waals surface area contributed by atoms with Crippen LogP contribution in [0.15, 0.2) is 48.5 Å². The number of halogens is 1. The van der Waals surface area contributed by atoms with Gasteiger partial charge in [0.25, 0.3) is 0 Å². The van der Waals surface area contributed by atoms with Crippen LogP contribution in [-0.2, 0) is 11.3 Å². The summed E-state index contributed by atoms with van der Waals surface area (Å²) in [7, 11) is 0. The number of rotatable bonds is 7. The predicted molar refractivity (Wildman–Crippen MR) is 99.5 cm³/mol. The van der Waals surface area contributed by atoms with E-state index in [4.69, 9.17) is 0 Å². The Labute approximate surface area is 153 Å². The third kappa shape index (κ3) is 4.55. The van der Waals surface area contributed by atoms with Gasteiger partial charge in [-0.3, -0.25) is 14.5 Å². The standard InChI is InChI=1S/C21H23FN2O2/c1-14(21(26)23-19-5-3-4-17(12-19)15(2)25)24(20-10-11-20)13-16-6-8-18(22)9-7-16/h3-9,12,14,20H,10-11,13H2,1-2H3,(H,23,26)/t14-/m0/s1. The summed E-state index contributed by atoms with van der Waals surface area (Å²) in [6, 6.07) is 13.4. The van der Waals surface area contributed by atoms with Crippen molar-refractivity contribution in [3.63, 3.8) is 0 Å². The molecule has 0 unspecified atom stereocenters. The van der Waals surface area contributed by atoms with Crippen molar-refractivity contribution in [2.75, 3.05) is 5.32 Å². The van der Waals surface area contributed by atoms with Crippen molar-refractivity contribution in [1.82, 2.24) is 4.90 Å². The number of ketones is 1. The Morgan fingerprint density at radius 2 is 1.88 bits per heavy atom. The second-order valence-corrected chi connectivity index (χ2v) is 6.83. The number of carbonyl (C=O) groups excluding carboxylic acids is 2. The Bertz CT molecular complexity index is 800. The van der Waals surface area contributed by atoms with E-state index in [1.807, 2.05) is 6.92 Å². The molecule has 3 rings (SSSR count). The molecule has 1 N–H and O–H groups in total. The van der Waals surface area contributed by atoms with Gasteiger partial charge in [0.05, 0.1) is 6.04 Å². The zero-order chi connectivity index (χ0) is 18.7. The van der Waals surface area contributed by atoms with Crippen LogP contribution in [0.5, 0.6) is 0 Å². The summed E-state index contributed by atoms with van der Waals surface area (Å²) in [6.07, 6.45) is 2.14. The van der Waals surface area contributed by atoms with Gasteiger partial charge in [-0.15, -0.1) is 0 Å². The first-order chi connectivity index (χ1) is 12.4. The minimum Gasteiger partial charge on any atom is -0.325 e. The summed E-state index contributed by atoms with van der Waals surface area (Å²) in [5.74, 6) is -0.410. The van der Waals surface area contributed by atoms with E-state index in [0.717, 1.165) is 18.4 Å². The van der Waals surface area contributed by atoms with Gasteiger partial charge in [-0.25, -0.2) is 4.39 Å². The largest absolute Gasteiger partial charge is 0.325 e. The van der Waals surface area contributed by atoms with Gasteiger partial charge in [0, 0.05) is 23.8 Å². The Balaban J connectivity index is 1.69. The van der Waals surface area contributed by atoms with Crippen LogP contribution in [0.4, 0.5) is 10.1 Å². The van der Waals surface area contributed by atoms with Gasteiger partial charge in [-0.1, -0.05) is 24.3 Å². The van der Waals surface area contributed by atoms with E-state index >= 15 is 0 Å². The summed E-state index contributed by atoms with van der Waals surface area (Å²) in [5.41, 5.74) is 2.17. The lowest BCUT2D eigenvalue weighted by Gasteiger charge is -2.28. The molecule has 2 aromatic carbocycles. The molecule has 4 nitrogen and oxygen atoms in total. The SMILES string of the molecule is CC(=O)c1cccc(NC(=O)[C@H](C)N(Cc2ccc(F)cc2)C2CC2)c1. The smallest absolute Gasteiger partial charge is 0.241 e. The monoisotopic (exact) mass is 354 g/mol. The molecule has 1 aliphatic carbocycles. The van der Waals surface area contributed by atoms with Crippen molar-refractivity contribution in [3.8, 4) is 0 Å². The maximum Gasteiger partial charge on any atom is 0.241 e. The molecule has 0 spiro atoms. The molecule has 0 saturated heterocycles. The highest BCUT2D eigenvalue weighted by Gasteiger charge is 2.35. The lowest BCUT2D eigenvalue weighted by molar-refractivity contribution is -0.121. The van der Waals surface area contributed by atoms with Crippen LogP contribution in [0.2, 0.25) is 0 Å². The number of hydrogen-bond acceptors (Lipinski definition) is 3. The van der Waals surface area contributed by atoms with Crippen molar-refractivity contribution in [2.45, 2.75) is 45.3 Å². The Kier molecular flexibility index (Phi) is 5.47. The molecule has 2 aromatic rings. The zero-order valence-corrected chi connectivity index (χ0v) is 15.0. The first-order valence-corrected chi connectivity index (χ1v) is 8.86. The topological polar surface area (TPSA) is 49.4 Å². The molecular formula is C21H23FN2O2. The lowest BCUT2D eigenvalue weighted by Crippen LogP contribution is -2.43. The van der Waals surface area contributed by atoms with E-state index < -0.39 is 0 Å². The van der Waals surface area contributed by atoms with Gasteiger partial charge in [0.15, 0.2) is 5.78 Å². The quantitative estimate of drug-likeness (QED) is 0.764. The number of hydrogen-bond donors (Lipinski definition) is 1. The molecule has 0 aliphatic heterocycles. The summed E-state index contributed by atoms with van der Waals surface area (Å²) < 4.78 is 13.1. The maximum atomic E-state index is 13.1. The first kappa shape index (κ1) is 18.3. The van der Waals surface area contributed by atoms with E-state index in [1.165, 1.54) is 19.1 Å². The zero-order valence-electron chi connectivity index (χ0n) is 15.0. The van der Waals surface area contributed by atoms with Gasteiger partial charge in [-0.2, -0.15) is 0 Å². The summed E-state index contributed by atoms with van der Waals surface area (Å²) in [5, 5.41) is 2.90. The molecule has 0 radical (unpaired) electrons. The molecular weight excluding hydrogens is 331 g/mol. The minimum atomic E-state index is -0.325. The fraction of sp³-hybridized carbons (Fsp3) is 0.333. The highest BCUT2D eigenvalue weighted by Crippen LogP contribution is 2.30. The number of amides is 1. The van der Waals surface area contributed by atoms with Crippen LogP contribution >= 0.6 is 0 Å². The average molecular weight is 354 g/mol. The fourth-order valence-electron chi connectivity index (χ4n) is 3.00. The molecule has 1 saturated carbocycles. The first-order valence-electron chi connectivity index (χ1n) is 8.86. The van der Waals surface area contributed by atoms with E-state index in [9.17, 15) is 14.0 Å². The molecule has 1 amide bonds. The normalized spacial score (nSPS) is 14.9. The molecule has 5 heteroatoms. The third-order valence-corrected chi connectivity index (χ3v) is 4.71. The van der Waals surface area contributed by atoms with Crippen molar-refractivity contribution < 1.29 is 14.0 Å². The van der Waals surface area contributed by atoms with Crippen LogP contribution in [0.1, 0.15) is 42.6 Å². The second kappa shape index (κ2) is 7.79. The van der Waals surface area contributed by atoms with Gasteiger partial charge in [0.1, 0.15) is 5.82 Å². The number of nitrogens with zero attached hydrogens (tertiary/aromatic N) is 1. The molecule has 1 fully saturated rings. The van der Waals surface area contributed by atoms with Crippen LogP contribution in [0.3, 0.4) is 0 Å². The summed E-state index contributed by atoms with van der Waals surface area (Å²) in [4.78, 5) is 26.4. The number of carbonyl (C=O) groups is 2. The van der Waals surface area contributed by atoms with E-state index in [0.29, 0.717) is 23.8 Å². The molecule has 136 valence electrons. The second-order valence-electron chi connectivity index (χ2n) is 6.83. The van der Waals surface area contributed by atoms with Gasteiger partial charge < -0.3 is 5.32 Å². The highest BCUT2D eigenvalue weighted by molar-refractivity contribution is 5.98. The van der Waals surface area contributed by atoms with E-state index in [1.54, 1.807) is 36.4 Å². The molecule has 1 aliphatic rings. The highest BCUT2D eigenvalue weighted by atomic mass is 19.1. The van der Waals surface area contributed by atoms with Crippen molar-refractivity contribution in [2.24, 2.45) is 0 Å². The summed E-state index contributed by atoms with van der Waals surface area (Å²) in [6.45, 7) is 3.99. The van der Waals surface area contributed by atoms with Crippen molar-refractivity contribution in [3.05, 3.63) is 65.5 Å². The minimum absolute atomic E-state index is 0.0370. The average Bonchev–Trinajstić information content (AvgIpc) is 3.46. The van der Waals surface area contributed by atoms with Crippen LogP contribution < -0.4 is 5.32 Å². The number of nitrogens with one attached hydrogen (secondary N) is 1. The number of benzene rings is 2. The van der Waals surface area contributed by atoms with Gasteiger partial charge >= 0.3 is 0 Å². The molecule has 26 heavy (non-hydrogen) atoms.